The lowest BCUT2D eigenvalue weighted by Gasteiger charge is -2.15. The van der Waals surface area contributed by atoms with Gasteiger partial charge in [0.1, 0.15) is 0 Å². The first-order valence-electron chi connectivity index (χ1n) is 8.47. The van der Waals surface area contributed by atoms with Crippen molar-refractivity contribution in [3.05, 3.63) is 0 Å². The molecule has 1 radical (unpaired) electrons. The minimum absolute atomic E-state index is 0.907. The highest BCUT2D eigenvalue weighted by molar-refractivity contribution is 5.47. The lowest BCUT2D eigenvalue weighted by Crippen LogP contribution is -2.24. The predicted molar refractivity (Wildman–Crippen MR) is 84.0 cm³/mol. The maximum Gasteiger partial charge on any atom is 0.312 e. The van der Waals surface area contributed by atoms with Gasteiger partial charge in [0.15, 0.2) is 0 Å². The molecule has 0 unspecified atom stereocenters. The van der Waals surface area contributed by atoms with Crippen molar-refractivity contribution in [1.29, 1.82) is 0 Å². The Balaban J connectivity index is 3.32. The first-order chi connectivity index (χ1) is 9.35. The van der Waals surface area contributed by atoms with Gasteiger partial charge in [-0.1, -0.05) is 78.1 Å². The van der Waals surface area contributed by atoms with Crippen molar-refractivity contribution in [3.8, 4) is 0 Å². The van der Waals surface area contributed by atoms with Crippen LogP contribution in [0.2, 0.25) is 0 Å². The summed E-state index contributed by atoms with van der Waals surface area (Å²) in [6.45, 7) is 6.29. The Bertz CT molecular complexity index is 166. The Morgan fingerprint density at radius 3 is 1.37 bits per heavy atom. The Hall–Kier alpha value is -0.530. The van der Waals surface area contributed by atoms with Crippen molar-refractivity contribution in [2.24, 2.45) is 0 Å². The fourth-order valence-corrected chi connectivity index (χ4v) is 2.37. The average molecular weight is 268 g/mol. The third kappa shape index (κ3) is 13.7. The Kier molecular flexibility index (Phi) is 15.1. The Labute approximate surface area is 120 Å². The molecule has 0 N–H and O–H groups in total. The first kappa shape index (κ1) is 18.5. The van der Waals surface area contributed by atoms with Gasteiger partial charge in [-0.3, -0.25) is 4.79 Å². The van der Waals surface area contributed by atoms with E-state index in [1.54, 1.807) is 0 Å². The smallest absolute Gasteiger partial charge is 0.312 e. The highest BCUT2D eigenvalue weighted by atomic mass is 16.1. The fourth-order valence-electron chi connectivity index (χ4n) is 2.37. The van der Waals surface area contributed by atoms with Gasteiger partial charge >= 0.3 is 6.41 Å². The van der Waals surface area contributed by atoms with E-state index in [1.807, 2.05) is 4.90 Å². The zero-order chi connectivity index (χ0) is 14.2. The maximum atomic E-state index is 10.8. The summed E-state index contributed by atoms with van der Waals surface area (Å²) in [7, 11) is 0. The molecule has 0 spiro atoms. The predicted octanol–water partition coefficient (Wildman–Crippen LogP) is 5.08. The second-order valence-corrected chi connectivity index (χ2v) is 5.61. The van der Waals surface area contributed by atoms with Crippen LogP contribution in [0.25, 0.3) is 0 Å². The summed E-state index contributed by atoms with van der Waals surface area (Å²) in [4.78, 5) is 12.7. The largest absolute Gasteiger partial charge is 0.334 e. The molecule has 0 aliphatic heterocycles. The molecule has 1 amide bonds. The molecule has 113 valence electrons. The standard InChI is InChI=1S/C17H34NO/c1-3-5-7-9-11-13-15-18(17-19)16-14-12-10-8-6-4-2/h3-16H2,1-2H3. The summed E-state index contributed by atoms with van der Waals surface area (Å²) in [6.07, 6.45) is 17.5. The third-order valence-electron chi connectivity index (χ3n) is 3.69. The van der Waals surface area contributed by atoms with Crippen LogP contribution in [-0.4, -0.2) is 24.4 Å². The van der Waals surface area contributed by atoms with Crippen LogP contribution in [0.5, 0.6) is 0 Å². The van der Waals surface area contributed by atoms with Crippen LogP contribution in [0.1, 0.15) is 90.9 Å². The van der Waals surface area contributed by atoms with Crippen LogP contribution in [0.3, 0.4) is 0 Å². The summed E-state index contributed by atoms with van der Waals surface area (Å²) < 4.78 is 0. The molecule has 0 aromatic rings. The molecule has 0 bridgehead atoms. The van der Waals surface area contributed by atoms with Crippen molar-refractivity contribution < 1.29 is 4.79 Å². The number of hydrogen-bond donors (Lipinski definition) is 0. The van der Waals surface area contributed by atoms with E-state index < -0.39 is 0 Å². The SMILES string of the molecule is CCCCCCCCN([C]=O)CCCCCCCC. The molecular weight excluding hydrogens is 234 g/mol. The normalized spacial score (nSPS) is 10.6. The van der Waals surface area contributed by atoms with Gasteiger partial charge in [-0.05, 0) is 12.8 Å². The number of rotatable bonds is 15. The average Bonchev–Trinajstić information content (AvgIpc) is 2.44. The zero-order valence-electron chi connectivity index (χ0n) is 13.3. The summed E-state index contributed by atoms with van der Waals surface area (Å²) in [5.74, 6) is 0. The van der Waals surface area contributed by atoms with E-state index >= 15 is 0 Å². The van der Waals surface area contributed by atoms with E-state index in [2.05, 4.69) is 20.3 Å². The second-order valence-electron chi connectivity index (χ2n) is 5.61. The molecule has 0 heterocycles. The monoisotopic (exact) mass is 268 g/mol. The number of carbonyl (C=O) groups excluding carboxylic acids is 1. The number of nitrogens with zero attached hydrogens (tertiary/aromatic N) is 1. The van der Waals surface area contributed by atoms with Gasteiger partial charge in [-0.25, -0.2) is 0 Å². The molecular formula is C17H34NO. The van der Waals surface area contributed by atoms with Crippen LogP contribution < -0.4 is 0 Å². The number of unbranched alkanes of at least 4 members (excludes halogenated alkanes) is 10. The molecule has 0 fully saturated rings. The Morgan fingerprint density at radius 2 is 1.00 bits per heavy atom. The molecule has 0 rings (SSSR count). The van der Waals surface area contributed by atoms with E-state index in [4.69, 9.17) is 0 Å². The molecule has 0 aromatic carbocycles. The molecule has 0 saturated heterocycles. The highest BCUT2D eigenvalue weighted by Crippen LogP contribution is 2.08. The van der Waals surface area contributed by atoms with E-state index in [0.29, 0.717) is 0 Å². The summed E-state index contributed by atoms with van der Waals surface area (Å²) in [5, 5.41) is 0. The van der Waals surface area contributed by atoms with E-state index in [9.17, 15) is 4.79 Å². The van der Waals surface area contributed by atoms with Gasteiger partial charge in [0.05, 0.1) is 0 Å². The highest BCUT2D eigenvalue weighted by Gasteiger charge is 2.02. The van der Waals surface area contributed by atoms with Crippen molar-refractivity contribution in [1.82, 2.24) is 4.90 Å². The van der Waals surface area contributed by atoms with Crippen LogP contribution in [0.4, 0.5) is 0 Å². The minimum atomic E-state index is 0.907. The van der Waals surface area contributed by atoms with Crippen LogP contribution in [0.15, 0.2) is 0 Å². The lowest BCUT2D eigenvalue weighted by atomic mass is 10.1. The fraction of sp³-hybridized carbons (Fsp3) is 0.941. The molecule has 0 aliphatic carbocycles. The van der Waals surface area contributed by atoms with Crippen LogP contribution >= 0.6 is 0 Å². The van der Waals surface area contributed by atoms with Gasteiger partial charge in [-0.2, -0.15) is 0 Å². The zero-order valence-corrected chi connectivity index (χ0v) is 13.3. The van der Waals surface area contributed by atoms with Gasteiger partial charge < -0.3 is 4.90 Å². The lowest BCUT2D eigenvalue weighted by molar-refractivity contribution is 0.356. The van der Waals surface area contributed by atoms with Crippen LogP contribution in [0, 0.1) is 0 Å². The Morgan fingerprint density at radius 1 is 0.632 bits per heavy atom. The van der Waals surface area contributed by atoms with Crippen molar-refractivity contribution in [2.75, 3.05) is 13.1 Å². The van der Waals surface area contributed by atoms with Crippen LogP contribution in [-0.2, 0) is 4.79 Å². The molecule has 19 heavy (non-hydrogen) atoms. The number of hydrogen-bond acceptors (Lipinski definition) is 1. The van der Waals surface area contributed by atoms with E-state index in [-0.39, 0.29) is 0 Å². The number of amides is 1. The molecule has 0 saturated carbocycles. The second kappa shape index (κ2) is 15.5. The van der Waals surface area contributed by atoms with Gasteiger partial charge in [0, 0.05) is 13.1 Å². The summed E-state index contributed by atoms with van der Waals surface area (Å²) >= 11 is 0. The van der Waals surface area contributed by atoms with Crippen molar-refractivity contribution >= 4 is 6.41 Å². The third-order valence-corrected chi connectivity index (χ3v) is 3.69. The summed E-state index contributed by atoms with van der Waals surface area (Å²) in [5.41, 5.74) is 0. The molecule has 0 aromatic heterocycles. The van der Waals surface area contributed by atoms with E-state index in [1.165, 1.54) is 64.2 Å². The molecule has 0 aliphatic rings. The maximum absolute atomic E-state index is 10.8. The quantitative estimate of drug-likeness (QED) is 0.300. The topological polar surface area (TPSA) is 20.3 Å². The van der Waals surface area contributed by atoms with Crippen molar-refractivity contribution in [3.63, 3.8) is 0 Å². The molecule has 2 nitrogen and oxygen atoms in total. The van der Waals surface area contributed by atoms with Gasteiger partial charge in [0.2, 0.25) is 0 Å². The van der Waals surface area contributed by atoms with E-state index in [0.717, 1.165) is 25.9 Å². The molecule has 2 heteroatoms. The van der Waals surface area contributed by atoms with Gasteiger partial charge in [-0.15, -0.1) is 0 Å². The van der Waals surface area contributed by atoms with Gasteiger partial charge in [0.25, 0.3) is 0 Å². The first-order valence-corrected chi connectivity index (χ1v) is 8.47. The van der Waals surface area contributed by atoms with Crippen molar-refractivity contribution in [2.45, 2.75) is 90.9 Å². The minimum Gasteiger partial charge on any atom is -0.334 e. The summed E-state index contributed by atoms with van der Waals surface area (Å²) in [6, 6.07) is 0. The molecule has 0 atom stereocenters.